The van der Waals surface area contributed by atoms with Gasteiger partial charge >= 0.3 is 0 Å². The van der Waals surface area contributed by atoms with Gasteiger partial charge in [-0.15, -0.1) is 0 Å². The van der Waals surface area contributed by atoms with Crippen LogP contribution in [0, 0.1) is 6.92 Å². The van der Waals surface area contributed by atoms with Gasteiger partial charge in [-0.1, -0.05) is 29.3 Å². The lowest BCUT2D eigenvalue weighted by molar-refractivity contribution is -0.133. The molecule has 0 saturated carbocycles. The molecule has 1 aliphatic heterocycles. The molecule has 0 unspecified atom stereocenters. The van der Waals surface area contributed by atoms with Crippen LogP contribution in [0.2, 0.25) is 5.02 Å². The summed E-state index contributed by atoms with van der Waals surface area (Å²) in [6.45, 7) is 1.87. The normalized spacial score (nSPS) is 19.7. The molecule has 5 heteroatoms. The first-order valence-electron chi connectivity index (χ1n) is 6.84. The molecule has 0 spiro atoms. The second-order valence-corrected chi connectivity index (χ2v) is 5.91. The molecule has 0 saturated heterocycles. The number of nitrogens with one attached hydrogen (secondary N) is 1. The fraction of sp³-hybridized carbons (Fsp3) is 0.176. The number of aryl methyl sites for hydroxylation is 1. The fourth-order valence-electron chi connectivity index (χ4n) is 2.60. The van der Waals surface area contributed by atoms with Gasteiger partial charge in [-0.05, 0) is 37.3 Å². The maximum absolute atomic E-state index is 12.4. The van der Waals surface area contributed by atoms with Crippen molar-refractivity contribution in [3.05, 3.63) is 64.2 Å². The number of ketones is 1. The van der Waals surface area contributed by atoms with E-state index in [1.165, 1.54) is 0 Å². The summed E-state index contributed by atoms with van der Waals surface area (Å²) < 4.78 is 0. The van der Waals surface area contributed by atoms with Gasteiger partial charge < -0.3 is 10.4 Å². The van der Waals surface area contributed by atoms with E-state index < -0.39 is 11.5 Å². The zero-order valence-electron chi connectivity index (χ0n) is 11.9. The molecule has 0 bridgehead atoms. The topological polar surface area (TPSA) is 66.4 Å². The average Bonchev–Trinajstić information content (AvgIpc) is 2.71. The molecule has 2 N–H and O–H groups in total. The van der Waals surface area contributed by atoms with E-state index in [4.69, 9.17) is 11.6 Å². The number of fused-ring (bicyclic) bond motifs is 1. The fourth-order valence-corrected chi connectivity index (χ4v) is 2.73. The minimum Gasteiger partial charge on any atom is -0.375 e. The van der Waals surface area contributed by atoms with Gasteiger partial charge in [-0.25, -0.2) is 0 Å². The minimum atomic E-state index is -1.84. The number of anilines is 1. The highest BCUT2D eigenvalue weighted by Crippen LogP contribution is 2.39. The van der Waals surface area contributed by atoms with Crippen LogP contribution in [0.3, 0.4) is 0 Å². The first-order valence-corrected chi connectivity index (χ1v) is 7.22. The van der Waals surface area contributed by atoms with Crippen LogP contribution in [-0.4, -0.2) is 16.8 Å². The number of amides is 1. The molecule has 1 atom stereocenters. The third kappa shape index (κ3) is 2.40. The van der Waals surface area contributed by atoms with Gasteiger partial charge in [0.05, 0.1) is 6.42 Å². The van der Waals surface area contributed by atoms with Gasteiger partial charge in [-0.2, -0.15) is 0 Å². The summed E-state index contributed by atoms with van der Waals surface area (Å²) in [5.74, 6) is -0.890. The van der Waals surface area contributed by atoms with E-state index in [1.54, 1.807) is 36.4 Å². The largest absolute Gasteiger partial charge is 0.375 e. The van der Waals surface area contributed by atoms with Crippen molar-refractivity contribution in [3.63, 3.8) is 0 Å². The Morgan fingerprint density at radius 2 is 1.91 bits per heavy atom. The Hall–Kier alpha value is -2.17. The van der Waals surface area contributed by atoms with Crippen LogP contribution in [0.4, 0.5) is 5.69 Å². The predicted molar refractivity (Wildman–Crippen MR) is 84.1 cm³/mol. The van der Waals surface area contributed by atoms with Crippen molar-refractivity contribution in [2.24, 2.45) is 0 Å². The van der Waals surface area contributed by atoms with Crippen LogP contribution < -0.4 is 5.32 Å². The lowest BCUT2D eigenvalue weighted by Gasteiger charge is -2.20. The third-order valence-corrected chi connectivity index (χ3v) is 4.08. The summed E-state index contributed by atoms with van der Waals surface area (Å²) in [5.41, 5.74) is 0.471. The molecule has 0 fully saturated rings. The number of hydrogen-bond donors (Lipinski definition) is 2. The molecule has 0 aliphatic carbocycles. The number of carbonyl (C=O) groups excluding carboxylic acids is 2. The number of Topliss-reactive ketones (excluding diaryl/α,β-unsaturated/α-hetero) is 1. The smallest absolute Gasteiger partial charge is 0.261 e. The molecule has 112 valence electrons. The summed E-state index contributed by atoms with van der Waals surface area (Å²) in [7, 11) is 0. The standard InChI is InChI=1S/C17H14ClNO3/c1-10-2-7-14-13(8-10)17(22,16(21)19-14)9-15(20)11-3-5-12(18)6-4-11/h2-8,22H,9H2,1H3,(H,19,21)/t17-/m1/s1. The Morgan fingerprint density at radius 1 is 1.23 bits per heavy atom. The van der Waals surface area contributed by atoms with Gasteiger partial charge in [0.15, 0.2) is 11.4 Å². The Labute approximate surface area is 132 Å². The maximum atomic E-state index is 12.4. The van der Waals surface area contributed by atoms with Crippen molar-refractivity contribution in [1.29, 1.82) is 0 Å². The molecule has 3 rings (SSSR count). The van der Waals surface area contributed by atoms with Crippen molar-refractivity contribution in [2.75, 3.05) is 5.32 Å². The third-order valence-electron chi connectivity index (χ3n) is 3.83. The molecule has 4 nitrogen and oxygen atoms in total. The van der Waals surface area contributed by atoms with Crippen LogP contribution in [0.15, 0.2) is 42.5 Å². The highest BCUT2D eigenvalue weighted by atomic mass is 35.5. The average molecular weight is 316 g/mol. The van der Waals surface area contributed by atoms with Crippen LogP contribution in [-0.2, 0) is 10.4 Å². The van der Waals surface area contributed by atoms with E-state index in [-0.39, 0.29) is 12.2 Å². The summed E-state index contributed by atoms with van der Waals surface area (Å²) in [6, 6.07) is 11.7. The summed E-state index contributed by atoms with van der Waals surface area (Å²) >= 11 is 5.80. The van der Waals surface area contributed by atoms with Crippen molar-refractivity contribution >= 4 is 29.0 Å². The van der Waals surface area contributed by atoms with Crippen molar-refractivity contribution in [1.82, 2.24) is 0 Å². The van der Waals surface area contributed by atoms with Crippen LogP contribution in [0.5, 0.6) is 0 Å². The minimum absolute atomic E-state index is 0.309. The van der Waals surface area contributed by atoms with Gasteiger partial charge in [0.2, 0.25) is 0 Å². The summed E-state index contributed by atoms with van der Waals surface area (Å²) in [6.07, 6.45) is -0.309. The van der Waals surface area contributed by atoms with Crippen molar-refractivity contribution in [2.45, 2.75) is 18.9 Å². The lowest BCUT2D eigenvalue weighted by Crippen LogP contribution is -2.36. The Balaban J connectivity index is 1.94. The van der Waals surface area contributed by atoms with Crippen LogP contribution >= 0.6 is 11.6 Å². The van der Waals surface area contributed by atoms with E-state index in [0.717, 1.165) is 5.56 Å². The van der Waals surface area contributed by atoms with Gasteiger partial charge in [-0.3, -0.25) is 9.59 Å². The first kappa shape index (κ1) is 14.8. The predicted octanol–water partition coefficient (Wildman–Crippen LogP) is 3.06. The monoisotopic (exact) mass is 315 g/mol. The van der Waals surface area contributed by atoms with E-state index in [1.807, 2.05) is 13.0 Å². The Kier molecular flexibility index (Phi) is 3.51. The highest BCUT2D eigenvalue weighted by Gasteiger charge is 2.46. The van der Waals surface area contributed by atoms with Gasteiger partial charge in [0, 0.05) is 21.8 Å². The molecular weight excluding hydrogens is 302 g/mol. The lowest BCUT2D eigenvalue weighted by atomic mass is 9.87. The zero-order chi connectivity index (χ0) is 15.9. The van der Waals surface area contributed by atoms with E-state index in [2.05, 4.69) is 5.32 Å². The first-order chi connectivity index (χ1) is 10.4. The van der Waals surface area contributed by atoms with E-state index in [9.17, 15) is 14.7 Å². The molecule has 1 heterocycles. The molecular formula is C17H14ClNO3. The molecule has 1 aliphatic rings. The maximum Gasteiger partial charge on any atom is 0.261 e. The summed E-state index contributed by atoms with van der Waals surface area (Å²) in [4.78, 5) is 24.5. The molecule has 22 heavy (non-hydrogen) atoms. The highest BCUT2D eigenvalue weighted by molar-refractivity contribution is 6.30. The van der Waals surface area contributed by atoms with Gasteiger partial charge in [0.1, 0.15) is 0 Å². The molecule has 0 radical (unpaired) electrons. The second-order valence-electron chi connectivity index (χ2n) is 5.47. The van der Waals surface area contributed by atoms with Crippen molar-refractivity contribution < 1.29 is 14.7 Å². The molecule has 2 aromatic carbocycles. The number of halogens is 1. The molecule has 0 aromatic heterocycles. The van der Waals surface area contributed by atoms with Crippen LogP contribution in [0.1, 0.15) is 27.9 Å². The number of benzene rings is 2. The zero-order valence-corrected chi connectivity index (χ0v) is 12.6. The summed E-state index contributed by atoms with van der Waals surface area (Å²) in [5, 5.41) is 13.9. The van der Waals surface area contributed by atoms with E-state index in [0.29, 0.717) is 21.8 Å². The number of rotatable bonds is 3. The molecule has 2 aromatic rings. The number of carbonyl (C=O) groups is 2. The molecule has 1 amide bonds. The number of hydrogen-bond acceptors (Lipinski definition) is 3. The Morgan fingerprint density at radius 3 is 2.59 bits per heavy atom. The number of aliphatic hydroxyl groups is 1. The second kappa shape index (κ2) is 5.23. The van der Waals surface area contributed by atoms with Gasteiger partial charge in [0.25, 0.3) is 5.91 Å². The quantitative estimate of drug-likeness (QED) is 0.855. The Bertz CT molecular complexity index is 770. The van der Waals surface area contributed by atoms with Crippen molar-refractivity contribution in [3.8, 4) is 0 Å². The van der Waals surface area contributed by atoms with E-state index >= 15 is 0 Å². The van der Waals surface area contributed by atoms with Crippen LogP contribution in [0.25, 0.3) is 0 Å². The SMILES string of the molecule is Cc1ccc2c(c1)[C@](O)(CC(=O)c1ccc(Cl)cc1)C(=O)N2.